The Morgan fingerprint density at radius 1 is 1.21 bits per heavy atom. The summed E-state index contributed by atoms with van der Waals surface area (Å²) >= 11 is 0. The van der Waals surface area contributed by atoms with Crippen molar-refractivity contribution in [1.82, 2.24) is 20.2 Å². The number of benzene rings is 1. The number of aromatic nitrogens is 2. The number of carbonyl (C=O) groups is 1. The third-order valence-corrected chi connectivity index (χ3v) is 6.51. The number of anilines is 1. The molecule has 0 radical (unpaired) electrons. The molecule has 8 heteroatoms. The van der Waals surface area contributed by atoms with Crippen molar-refractivity contribution in [2.45, 2.75) is 58.5 Å². The average molecular weight is 454 g/mol. The third kappa shape index (κ3) is 5.18. The molecule has 2 aliphatic heterocycles. The first-order valence-corrected chi connectivity index (χ1v) is 11.8. The predicted molar refractivity (Wildman–Crippen MR) is 127 cm³/mol. The largest absolute Gasteiger partial charge is 0.378 e. The van der Waals surface area contributed by atoms with Crippen molar-refractivity contribution < 1.29 is 14.6 Å². The van der Waals surface area contributed by atoms with Gasteiger partial charge in [-0.2, -0.15) is 0 Å². The van der Waals surface area contributed by atoms with E-state index in [-0.39, 0.29) is 31.0 Å². The number of ether oxygens (including phenoxy) is 1. The summed E-state index contributed by atoms with van der Waals surface area (Å²) in [6, 6.07) is 8.17. The molecule has 3 heterocycles. The Kier molecular flexibility index (Phi) is 6.97. The zero-order valence-electron chi connectivity index (χ0n) is 20.0. The summed E-state index contributed by atoms with van der Waals surface area (Å²) in [4.78, 5) is 26.4. The quantitative estimate of drug-likeness (QED) is 0.663. The molecule has 1 fully saturated rings. The average Bonchev–Trinajstić information content (AvgIpc) is 3.20. The second kappa shape index (κ2) is 9.75. The topological polar surface area (TPSA) is 90.8 Å². The minimum Gasteiger partial charge on any atom is -0.378 e. The van der Waals surface area contributed by atoms with Crippen LogP contribution in [0.4, 0.5) is 5.82 Å². The van der Waals surface area contributed by atoms with Gasteiger partial charge in [-0.15, -0.1) is 0 Å². The van der Waals surface area contributed by atoms with Crippen LogP contribution < -0.4 is 10.2 Å². The van der Waals surface area contributed by atoms with Crippen LogP contribution in [0.25, 0.3) is 0 Å². The maximum absolute atomic E-state index is 13.6. The Morgan fingerprint density at radius 3 is 2.58 bits per heavy atom. The van der Waals surface area contributed by atoms with Gasteiger partial charge in [0.15, 0.2) is 5.60 Å². The minimum atomic E-state index is -1.50. The van der Waals surface area contributed by atoms with Gasteiger partial charge in [0.05, 0.1) is 18.4 Å². The van der Waals surface area contributed by atoms with E-state index < -0.39 is 5.60 Å². The Morgan fingerprint density at radius 2 is 1.91 bits per heavy atom. The fourth-order valence-electron chi connectivity index (χ4n) is 4.54. The van der Waals surface area contributed by atoms with Gasteiger partial charge in [0.2, 0.25) is 0 Å². The lowest BCUT2D eigenvalue weighted by atomic mass is 9.91. The number of piperazine rings is 1. The number of carbonyl (C=O) groups excluding carboxylic acids is 1. The smallest absolute Gasteiger partial charge is 0.256 e. The van der Waals surface area contributed by atoms with E-state index in [4.69, 9.17) is 4.74 Å². The van der Waals surface area contributed by atoms with E-state index in [1.807, 2.05) is 52.0 Å². The highest BCUT2D eigenvalue weighted by Gasteiger charge is 2.40. The summed E-state index contributed by atoms with van der Waals surface area (Å²) in [7, 11) is 0. The lowest BCUT2D eigenvalue weighted by Crippen LogP contribution is -2.60. The van der Waals surface area contributed by atoms with Crippen LogP contribution in [-0.2, 0) is 22.6 Å². The fraction of sp³-hybridized carbons (Fsp3) is 0.560. The van der Waals surface area contributed by atoms with Crippen molar-refractivity contribution >= 4 is 11.7 Å². The first kappa shape index (κ1) is 23.6. The van der Waals surface area contributed by atoms with Crippen molar-refractivity contribution in [3.8, 4) is 0 Å². The van der Waals surface area contributed by atoms with Crippen molar-refractivity contribution in [2.75, 3.05) is 37.6 Å². The van der Waals surface area contributed by atoms with Gasteiger partial charge < -0.3 is 25.0 Å². The number of nitrogens with one attached hydrogen (secondary N) is 1. The van der Waals surface area contributed by atoms with Crippen LogP contribution in [0.15, 0.2) is 30.6 Å². The Bertz CT molecular complexity index is 973. The number of amides is 1. The summed E-state index contributed by atoms with van der Waals surface area (Å²) in [5.41, 5.74) is 2.60. The molecule has 0 bridgehead atoms. The lowest BCUT2D eigenvalue weighted by Gasteiger charge is -2.40. The van der Waals surface area contributed by atoms with E-state index in [9.17, 15) is 9.90 Å². The molecule has 1 amide bonds. The molecule has 0 aliphatic carbocycles. The van der Waals surface area contributed by atoms with E-state index >= 15 is 0 Å². The highest BCUT2D eigenvalue weighted by Crippen LogP contribution is 2.35. The molecule has 1 saturated heterocycles. The van der Waals surface area contributed by atoms with Gasteiger partial charge in [0, 0.05) is 50.7 Å². The van der Waals surface area contributed by atoms with Gasteiger partial charge in [0.25, 0.3) is 5.91 Å². The van der Waals surface area contributed by atoms with Crippen LogP contribution in [0.2, 0.25) is 0 Å². The summed E-state index contributed by atoms with van der Waals surface area (Å²) in [5.74, 6) is 0.675. The maximum atomic E-state index is 13.6. The Labute approximate surface area is 196 Å². The van der Waals surface area contributed by atoms with Gasteiger partial charge in [-0.1, -0.05) is 43.7 Å². The van der Waals surface area contributed by atoms with Crippen molar-refractivity contribution in [1.29, 1.82) is 0 Å². The van der Waals surface area contributed by atoms with Gasteiger partial charge in [-0.3, -0.25) is 4.79 Å². The molecule has 1 aromatic heterocycles. The molecule has 4 rings (SSSR count). The molecule has 2 atom stereocenters. The zero-order chi connectivity index (χ0) is 23.6. The number of hydrogen-bond acceptors (Lipinski definition) is 7. The van der Waals surface area contributed by atoms with E-state index in [1.165, 1.54) is 0 Å². The van der Waals surface area contributed by atoms with Crippen molar-refractivity contribution in [2.24, 2.45) is 0 Å². The molecule has 2 N–H and O–H groups in total. The number of fused-ring (bicyclic) bond motifs is 1. The van der Waals surface area contributed by atoms with Crippen LogP contribution in [0.3, 0.4) is 0 Å². The molecule has 0 saturated carbocycles. The number of aryl methyl sites for hydroxylation is 1. The van der Waals surface area contributed by atoms with Crippen molar-refractivity contribution in [3.63, 3.8) is 0 Å². The highest BCUT2D eigenvalue weighted by molar-refractivity contribution is 5.86. The van der Waals surface area contributed by atoms with E-state index in [0.717, 1.165) is 28.2 Å². The summed E-state index contributed by atoms with van der Waals surface area (Å²) in [5, 5.41) is 14.8. The first-order valence-electron chi connectivity index (χ1n) is 11.8. The summed E-state index contributed by atoms with van der Waals surface area (Å²) < 4.78 is 5.74. The van der Waals surface area contributed by atoms with Gasteiger partial charge >= 0.3 is 0 Å². The van der Waals surface area contributed by atoms with E-state index in [1.54, 1.807) is 11.2 Å². The third-order valence-electron chi connectivity index (χ3n) is 6.51. The number of hydrogen-bond donors (Lipinski definition) is 2. The summed E-state index contributed by atoms with van der Waals surface area (Å²) in [6.07, 6.45) is 1.84. The molecule has 0 spiro atoms. The molecule has 2 aliphatic rings. The zero-order valence-corrected chi connectivity index (χ0v) is 20.0. The van der Waals surface area contributed by atoms with E-state index in [0.29, 0.717) is 32.8 Å². The highest BCUT2D eigenvalue weighted by atomic mass is 16.5. The monoisotopic (exact) mass is 453 g/mol. The number of aliphatic hydroxyl groups is 1. The molecule has 1 aromatic carbocycles. The van der Waals surface area contributed by atoms with Crippen LogP contribution in [0.1, 0.15) is 49.3 Å². The van der Waals surface area contributed by atoms with Gasteiger partial charge in [0.1, 0.15) is 12.1 Å². The van der Waals surface area contributed by atoms with E-state index in [2.05, 4.69) is 20.2 Å². The molecule has 8 nitrogen and oxygen atoms in total. The second-order valence-electron chi connectivity index (χ2n) is 9.52. The molecular formula is C25H35N5O3. The molecule has 2 aromatic rings. The molecular weight excluding hydrogens is 418 g/mol. The van der Waals surface area contributed by atoms with Crippen LogP contribution in [0.5, 0.6) is 0 Å². The molecule has 33 heavy (non-hydrogen) atoms. The standard InChI is InChI=1S/C25H35N5O3/c1-17(2)26-15-25(32,13-20-7-5-18(3)6-8-20)24(31)30-11-9-29(10-12-30)23-22-19(4)33-14-21(22)27-16-28-23/h5-8,16-17,19,26,32H,9-15H2,1-4H3/t19-,25?/m0/s1. The Hall–Kier alpha value is -2.55. The normalized spacial score (nSPS) is 20.1. The summed E-state index contributed by atoms with van der Waals surface area (Å²) in [6.45, 7) is 11.2. The van der Waals surface area contributed by atoms with Crippen LogP contribution >= 0.6 is 0 Å². The SMILES string of the molecule is Cc1ccc(CC(O)(CNC(C)C)C(=O)N2CCN(c3ncnc4c3[C@H](C)OC4)CC2)cc1. The first-order chi connectivity index (χ1) is 15.8. The van der Waals surface area contributed by atoms with Crippen LogP contribution in [0, 0.1) is 6.92 Å². The van der Waals surface area contributed by atoms with Crippen LogP contribution in [-0.4, -0.2) is 70.2 Å². The Balaban J connectivity index is 1.47. The van der Waals surface area contributed by atoms with Gasteiger partial charge in [-0.25, -0.2) is 9.97 Å². The minimum absolute atomic E-state index is 0.0300. The molecule has 178 valence electrons. The lowest BCUT2D eigenvalue weighted by molar-refractivity contribution is -0.151. The predicted octanol–water partition coefficient (Wildman–Crippen LogP) is 2.00. The number of rotatable bonds is 7. The van der Waals surface area contributed by atoms with Gasteiger partial charge in [-0.05, 0) is 19.4 Å². The number of nitrogens with zero attached hydrogens (tertiary/aromatic N) is 4. The fourth-order valence-corrected chi connectivity index (χ4v) is 4.54. The van der Waals surface area contributed by atoms with Crippen molar-refractivity contribution in [3.05, 3.63) is 53.0 Å². The molecule has 1 unspecified atom stereocenters. The maximum Gasteiger partial charge on any atom is 0.256 e. The second-order valence-corrected chi connectivity index (χ2v) is 9.52.